The number of hydrogen-bond donors (Lipinski definition) is 0. The van der Waals surface area contributed by atoms with Crippen LogP contribution in [-0.2, 0) is 10.9 Å². The minimum Gasteiger partial charge on any atom is -0.207 e. The van der Waals surface area contributed by atoms with Crippen LogP contribution in [-0.4, -0.2) is 18.8 Å². The van der Waals surface area contributed by atoms with Gasteiger partial charge in [-0.2, -0.15) is 0 Å². The predicted molar refractivity (Wildman–Crippen MR) is 55.7 cm³/mol. The van der Waals surface area contributed by atoms with Gasteiger partial charge in [-0.3, -0.25) is 0 Å². The Morgan fingerprint density at radius 2 is 2.00 bits per heavy atom. The molecule has 0 aliphatic rings. The summed E-state index contributed by atoms with van der Waals surface area (Å²) in [6, 6.07) is 5.00. The van der Waals surface area contributed by atoms with E-state index >= 15 is 0 Å². The fourth-order valence-electron chi connectivity index (χ4n) is 0.970. The topological polar surface area (TPSA) is 0 Å². The van der Waals surface area contributed by atoms with Gasteiger partial charge in [0.15, 0.2) is 4.90 Å². The van der Waals surface area contributed by atoms with Crippen molar-refractivity contribution in [3.8, 4) is 0 Å². The van der Waals surface area contributed by atoms with E-state index in [-0.39, 0.29) is 16.7 Å². The number of benzene rings is 1. The van der Waals surface area contributed by atoms with E-state index in [1.54, 1.807) is 17.8 Å². The summed E-state index contributed by atoms with van der Waals surface area (Å²) >= 11 is 1.67. The Bertz CT molecular complexity index is 271. The van der Waals surface area contributed by atoms with E-state index in [1.807, 2.05) is 12.3 Å². The first-order valence-corrected chi connectivity index (χ1v) is 6.83. The number of hydrogen-bond acceptors (Lipinski definition) is 1. The molecule has 0 amide bonds. The zero-order valence-electron chi connectivity index (χ0n) is 7.43. The first-order valence-electron chi connectivity index (χ1n) is 3.56. The SMILES string of the molecule is CSc1ccc(F)cc1[S+](C)C. The molecule has 1 aromatic carbocycles. The lowest BCUT2D eigenvalue weighted by Crippen LogP contribution is -1.98. The number of halogens is 1. The van der Waals surface area contributed by atoms with Crippen molar-refractivity contribution < 1.29 is 4.39 Å². The Kier molecular flexibility index (Phi) is 3.47. The molecular formula is C9H12FS2+. The van der Waals surface area contributed by atoms with Crippen LogP contribution in [0.3, 0.4) is 0 Å². The minimum absolute atomic E-state index is 0.135. The summed E-state index contributed by atoms with van der Waals surface area (Å²) in [5, 5.41) is 0. The van der Waals surface area contributed by atoms with E-state index in [4.69, 9.17) is 0 Å². The van der Waals surface area contributed by atoms with Crippen molar-refractivity contribution in [3.63, 3.8) is 0 Å². The van der Waals surface area contributed by atoms with Gasteiger partial charge < -0.3 is 0 Å². The molecule has 3 heteroatoms. The predicted octanol–water partition coefficient (Wildman–Crippen LogP) is 2.78. The fraction of sp³-hybridized carbons (Fsp3) is 0.333. The van der Waals surface area contributed by atoms with Gasteiger partial charge in [0.1, 0.15) is 18.3 Å². The molecule has 1 aromatic rings. The maximum absolute atomic E-state index is 12.8. The molecule has 0 radical (unpaired) electrons. The van der Waals surface area contributed by atoms with Gasteiger partial charge in [-0.05, 0) is 18.4 Å². The van der Waals surface area contributed by atoms with Gasteiger partial charge in [-0.25, -0.2) is 4.39 Å². The Balaban J connectivity index is 3.12. The number of rotatable bonds is 2. The largest absolute Gasteiger partial charge is 0.207 e. The lowest BCUT2D eigenvalue weighted by atomic mass is 10.3. The lowest BCUT2D eigenvalue weighted by molar-refractivity contribution is 0.622. The normalized spacial score (nSPS) is 10.8. The molecule has 0 N–H and O–H groups in total. The van der Waals surface area contributed by atoms with Gasteiger partial charge in [0.25, 0.3) is 0 Å². The molecule has 0 spiro atoms. The van der Waals surface area contributed by atoms with Crippen molar-refractivity contribution in [3.05, 3.63) is 24.0 Å². The van der Waals surface area contributed by atoms with Gasteiger partial charge in [0.2, 0.25) is 0 Å². The Hall–Kier alpha value is -0.150. The smallest absolute Gasteiger partial charge is 0.170 e. The fourth-order valence-corrected chi connectivity index (χ4v) is 3.00. The van der Waals surface area contributed by atoms with Crippen LogP contribution in [0.1, 0.15) is 0 Å². The molecule has 0 fully saturated rings. The summed E-state index contributed by atoms with van der Waals surface area (Å²) in [5.74, 6) is -0.135. The third kappa shape index (κ3) is 2.17. The highest BCUT2D eigenvalue weighted by Crippen LogP contribution is 2.25. The second-order valence-corrected chi connectivity index (χ2v) is 5.53. The van der Waals surface area contributed by atoms with E-state index in [0.717, 1.165) is 4.90 Å². The molecule has 0 atom stereocenters. The van der Waals surface area contributed by atoms with Crippen LogP contribution in [0, 0.1) is 5.82 Å². The van der Waals surface area contributed by atoms with Crippen LogP contribution in [0.4, 0.5) is 4.39 Å². The maximum Gasteiger partial charge on any atom is 0.170 e. The van der Waals surface area contributed by atoms with Crippen LogP contribution in [0.25, 0.3) is 0 Å². The average Bonchev–Trinajstić information content (AvgIpc) is 2.04. The quantitative estimate of drug-likeness (QED) is 0.526. The third-order valence-electron chi connectivity index (χ3n) is 1.57. The molecule has 1 rings (SSSR count). The average molecular weight is 203 g/mol. The van der Waals surface area contributed by atoms with E-state index in [2.05, 4.69) is 12.5 Å². The van der Waals surface area contributed by atoms with Crippen LogP contribution < -0.4 is 0 Å². The van der Waals surface area contributed by atoms with Crippen molar-refractivity contribution in [1.29, 1.82) is 0 Å². The van der Waals surface area contributed by atoms with Gasteiger partial charge in [-0.15, -0.1) is 11.8 Å². The second-order valence-electron chi connectivity index (χ2n) is 2.61. The molecule has 0 aliphatic heterocycles. The highest BCUT2D eigenvalue weighted by molar-refractivity contribution is 8.00. The summed E-state index contributed by atoms with van der Waals surface area (Å²) < 4.78 is 12.8. The molecule has 0 aromatic heterocycles. The van der Waals surface area contributed by atoms with Crippen LogP contribution >= 0.6 is 11.8 Å². The van der Waals surface area contributed by atoms with E-state index in [0.29, 0.717) is 0 Å². The van der Waals surface area contributed by atoms with Crippen molar-refractivity contribution in [2.24, 2.45) is 0 Å². The molecule has 0 aliphatic carbocycles. The molecule has 0 nitrogen and oxygen atoms in total. The van der Waals surface area contributed by atoms with E-state index in [1.165, 1.54) is 11.0 Å². The number of thioether (sulfide) groups is 1. The van der Waals surface area contributed by atoms with E-state index < -0.39 is 0 Å². The molecular weight excluding hydrogens is 191 g/mol. The van der Waals surface area contributed by atoms with Crippen molar-refractivity contribution in [2.75, 3.05) is 18.8 Å². The molecule has 0 heterocycles. The Morgan fingerprint density at radius 1 is 1.33 bits per heavy atom. The van der Waals surface area contributed by atoms with Gasteiger partial charge in [0.05, 0.1) is 4.90 Å². The lowest BCUT2D eigenvalue weighted by Gasteiger charge is -2.02. The molecule has 0 saturated carbocycles. The standard InChI is InChI=1S/C9H12FS2/c1-11-8-5-4-7(10)6-9(8)12(2)3/h4-6H,1-3H3/q+1. The molecule has 0 bridgehead atoms. The van der Waals surface area contributed by atoms with E-state index in [9.17, 15) is 4.39 Å². The monoisotopic (exact) mass is 203 g/mol. The highest BCUT2D eigenvalue weighted by Gasteiger charge is 2.14. The maximum atomic E-state index is 12.8. The summed E-state index contributed by atoms with van der Waals surface area (Å²) in [6.07, 6.45) is 6.23. The highest BCUT2D eigenvalue weighted by atomic mass is 32.2. The summed E-state index contributed by atoms with van der Waals surface area (Å²) in [4.78, 5) is 2.31. The zero-order chi connectivity index (χ0) is 9.14. The third-order valence-corrected chi connectivity index (χ3v) is 3.71. The molecule has 0 saturated heterocycles. The zero-order valence-corrected chi connectivity index (χ0v) is 9.06. The second kappa shape index (κ2) is 4.19. The molecule has 0 unspecified atom stereocenters. The van der Waals surface area contributed by atoms with Crippen molar-refractivity contribution >= 4 is 22.7 Å². The van der Waals surface area contributed by atoms with Crippen LogP contribution in [0.15, 0.2) is 28.0 Å². The Labute approximate surface area is 79.9 Å². The first kappa shape index (κ1) is 9.93. The molecule has 66 valence electrons. The van der Waals surface area contributed by atoms with Gasteiger partial charge in [0, 0.05) is 17.0 Å². The minimum atomic E-state index is -0.135. The summed E-state index contributed by atoms with van der Waals surface area (Å²) in [7, 11) is 0.139. The van der Waals surface area contributed by atoms with Crippen LogP contribution in [0.5, 0.6) is 0 Å². The van der Waals surface area contributed by atoms with Gasteiger partial charge >= 0.3 is 0 Å². The summed E-state index contributed by atoms with van der Waals surface area (Å²) in [6.45, 7) is 0. The van der Waals surface area contributed by atoms with Crippen LogP contribution in [0.2, 0.25) is 0 Å². The summed E-state index contributed by atoms with van der Waals surface area (Å²) in [5.41, 5.74) is 0. The van der Waals surface area contributed by atoms with Gasteiger partial charge in [-0.1, -0.05) is 0 Å². The van der Waals surface area contributed by atoms with Crippen molar-refractivity contribution in [2.45, 2.75) is 9.79 Å². The molecule has 12 heavy (non-hydrogen) atoms. The Morgan fingerprint density at radius 3 is 2.50 bits per heavy atom. The first-order chi connectivity index (χ1) is 5.65. The van der Waals surface area contributed by atoms with Crippen molar-refractivity contribution in [1.82, 2.24) is 0 Å².